The number of aryl methyl sites for hydroxylation is 1. The van der Waals surface area contributed by atoms with Gasteiger partial charge in [0.2, 0.25) is 0 Å². The third-order valence-electron chi connectivity index (χ3n) is 3.25. The van der Waals surface area contributed by atoms with Crippen molar-refractivity contribution in [2.24, 2.45) is 0 Å². The van der Waals surface area contributed by atoms with Gasteiger partial charge in [-0.05, 0) is 49.2 Å². The van der Waals surface area contributed by atoms with Crippen molar-refractivity contribution in [1.82, 2.24) is 5.32 Å². The van der Waals surface area contributed by atoms with Crippen molar-refractivity contribution < 1.29 is 4.79 Å². The Kier molecular flexibility index (Phi) is 5.23. The average molecular weight is 303 g/mol. The molecule has 0 aliphatic heterocycles. The molecular formula is C17H19ClN2O. The summed E-state index contributed by atoms with van der Waals surface area (Å²) in [5, 5.41) is 6.81. The van der Waals surface area contributed by atoms with E-state index in [0.717, 1.165) is 23.4 Å². The van der Waals surface area contributed by atoms with Crippen LogP contribution in [-0.4, -0.2) is 12.5 Å². The van der Waals surface area contributed by atoms with Crippen LogP contribution in [-0.2, 0) is 6.54 Å². The standard InChI is InChI=1S/C17H19ClN2O/c1-3-19-16-9-8-13(10-12(16)2)17(21)20-11-14-6-4-5-7-15(14)18/h4-10,19H,3,11H2,1-2H3,(H,20,21). The molecular weight excluding hydrogens is 284 g/mol. The molecule has 2 N–H and O–H groups in total. The number of carbonyl (C=O) groups is 1. The van der Waals surface area contributed by atoms with E-state index in [1.54, 1.807) is 0 Å². The van der Waals surface area contributed by atoms with Crippen LogP contribution in [0.15, 0.2) is 42.5 Å². The summed E-state index contributed by atoms with van der Waals surface area (Å²) in [6, 6.07) is 13.1. The van der Waals surface area contributed by atoms with Gasteiger partial charge in [-0.3, -0.25) is 4.79 Å². The van der Waals surface area contributed by atoms with Crippen LogP contribution >= 0.6 is 11.6 Å². The fourth-order valence-corrected chi connectivity index (χ4v) is 2.32. The van der Waals surface area contributed by atoms with E-state index < -0.39 is 0 Å². The molecule has 0 aliphatic carbocycles. The molecule has 0 unspecified atom stereocenters. The number of anilines is 1. The summed E-state index contributed by atoms with van der Waals surface area (Å²) in [7, 11) is 0. The summed E-state index contributed by atoms with van der Waals surface area (Å²) in [4.78, 5) is 12.2. The Hall–Kier alpha value is -2.00. The molecule has 0 spiro atoms. The Morgan fingerprint density at radius 1 is 1.19 bits per heavy atom. The molecule has 0 saturated carbocycles. The van der Waals surface area contributed by atoms with E-state index in [2.05, 4.69) is 10.6 Å². The van der Waals surface area contributed by atoms with Crippen LogP contribution in [0.1, 0.15) is 28.4 Å². The topological polar surface area (TPSA) is 41.1 Å². The largest absolute Gasteiger partial charge is 0.385 e. The number of halogens is 1. The molecule has 0 radical (unpaired) electrons. The molecule has 110 valence electrons. The van der Waals surface area contributed by atoms with E-state index in [1.165, 1.54) is 0 Å². The van der Waals surface area contributed by atoms with E-state index in [-0.39, 0.29) is 5.91 Å². The van der Waals surface area contributed by atoms with Crippen LogP contribution in [0.4, 0.5) is 5.69 Å². The van der Waals surface area contributed by atoms with Gasteiger partial charge < -0.3 is 10.6 Å². The molecule has 2 rings (SSSR count). The molecule has 0 aromatic heterocycles. The summed E-state index contributed by atoms with van der Waals surface area (Å²) >= 11 is 6.07. The van der Waals surface area contributed by atoms with Gasteiger partial charge in [0, 0.05) is 29.4 Å². The quantitative estimate of drug-likeness (QED) is 0.876. The second-order valence-electron chi connectivity index (χ2n) is 4.83. The zero-order valence-corrected chi connectivity index (χ0v) is 13.0. The van der Waals surface area contributed by atoms with Gasteiger partial charge in [0.25, 0.3) is 5.91 Å². The number of carbonyl (C=O) groups excluding carboxylic acids is 1. The van der Waals surface area contributed by atoms with E-state index in [0.29, 0.717) is 17.1 Å². The number of nitrogens with one attached hydrogen (secondary N) is 2. The minimum atomic E-state index is -0.0962. The zero-order valence-electron chi connectivity index (χ0n) is 12.2. The normalized spacial score (nSPS) is 10.2. The molecule has 1 amide bonds. The minimum Gasteiger partial charge on any atom is -0.385 e. The Balaban J connectivity index is 2.04. The number of amides is 1. The molecule has 0 fully saturated rings. The minimum absolute atomic E-state index is 0.0962. The van der Waals surface area contributed by atoms with E-state index in [1.807, 2.05) is 56.3 Å². The highest BCUT2D eigenvalue weighted by atomic mass is 35.5. The van der Waals surface area contributed by atoms with Gasteiger partial charge in [-0.25, -0.2) is 0 Å². The van der Waals surface area contributed by atoms with Gasteiger partial charge in [-0.15, -0.1) is 0 Å². The van der Waals surface area contributed by atoms with Crippen LogP contribution in [0.2, 0.25) is 5.02 Å². The highest BCUT2D eigenvalue weighted by molar-refractivity contribution is 6.31. The second kappa shape index (κ2) is 7.14. The maximum absolute atomic E-state index is 12.2. The predicted molar refractivity (Wildman–Crippen MR) is 88.0 cm³/mol. The lowest BCUT2D eigenvalue weighted by Gasteiger charge is -2.10. The van der Waals surface area contributed by atoms with Crippen molar-refractivity contribution in [2.45, 2.75) is 20.4 Å². The zero-order chi connectivity index (χ0) is 15.2. The van der Waals surface area contributed by atoms with Crippen LogP contribution in [0, 0.1) is 6.92 Å². The first-order valence-corrected chi connectivity index (χ1v) is 7.35. The fourth-order valence-electron chi connectivity index (χ4n) is 2.11. The van der Waals surface area contributed by atoms with Crippen LogP contribution in [0.3, 0.4) is 0 Å². The van der Waals surface area contributed by atoms with Crippen LogP contribution in [0.25, 0.3) is 0 Å². The third-order valence-corrected chi connectivity index (χ3v) is 3.62. The van der Waals surface area contributed by atoms with E-state index in [4.69, 9.17) is 11.6 Å². The molecule has 0 aliphatic rings. The van der Waals surface area contributed by atoms with Crippen LogP contribution < -0.4 is 10.6 Å². The van der Waals surface area contributed by atoms with Crippen molar-refractivity contribution in [3.8, 4) is 0 Å². The summed E-state index contributed by atoms with van der Waals surface area (Å²) in [5.41, 5.74) is 3.68. The second-order valence-corrected chi connectivity index (χ2v) is 5.24. The first kappa shape index (κ1) is 15.4. The smallest absolute Gasteiger partial charge is 0.251 e. The highest BCUT2D eigenvalue weighted by Gasteiger charge is 2.08. The predicted octanol–water partition coefficient (Wildman–Crippen LogP) is 4.01. The lowest BCUT2D eigenvalue weighted by molar-refractivity contribution is 0.0951. The third kappa shape index (κ3) is 3.99. The van der Waals surface area contributed by atoms with Gasteiger partial charge in [-0.1, -0.05) is 29.8 Å². The molecule has 0 bridgehead atoms. The van der Waals surface area contributed by atoms with Crippen molar-refractivity contribution in [3.05, 3.63) is 64.2 Å². The van der Waals surface area contributed by atoms with Crippen LogP contribution in [0.5, 0.6) is 0 Å². The van der Waals surface area contributed by atoms with Crippen molar-refractivity contribution >= 4 is 23.2 Å². The summed E-state index contributed by atoms with van der Waals surface area (Å²) in [5.74, 6) is -0.0962. The van der Waals surface area contributed by atoms with Crippen molar-refractivity contribution in [2.75, 3.05) is 11.9 Å². The fraction of sp³-hybridized carbons (Fsp3) is 0.235. The maximum atomic E-state index is 12.2. The van der Waals surface area contributed by atoms with Gasteiger partial charge in [0.05, 0.1) is 0 Å². The first-order valence-electron chi connectivity index (χ1n) is 6.98. The lowest BCUT2D eigenvalue weighted by atomic mass is 10.1. The summed E-state index contributed by atoms with van der Waals surface area (Å²) < 4.78 is 0. The number of hydrogen-bond donors (Lipinski definition) is 2. The van der Waals surface area contributed by atoms with Gasteiger partial charge in [0.1, 0.15) is 0 Å². The van der Waals surface area contributed by atoms with Crippen molar-refractivity contribution in [1.29, 1.82) is 0 Å². The monoisotopic (exact) mass is 302 g/mol. The van der Waals surface area contributed by atoms with Crippen molar-refractivity contribution in [3.63, 3.8) is 0 Å². The summed E-state index contributed by atoms with van der Waals surface area (Å²) in [6.07, 6.45) is 0. The Morgan fingerprint density at radius 3 is 2.62 bits per heavy atom. The molecule has 4 heteroatoms. The van der Waals surface area contributed by atoms with E-state index in [9.17, 15) is 4.79 Å². The SMILES string of the molecule is CCNc1ccc(C(=O)NCc2ccccc2Cl)cc1C. The molecule has 3 nitrogen and oxygen atoms in total. The lowest BCUT2D eigenvalue weighted by Crippen LogP contribution is -2.23. The number of benzene rings is 2. The Labute approximate surface area is 130 Å². The van der Waals surface area contributed by atoms with Gasteiger partial charge in [0.15, 0.2) is 0 Å². The average Bonchev–Trinajstić information content (AvgIpc) is 2.48. The summed E-state index contributed by atoms with van der Waals surface area (Å²) in [6.45, 7) is 5.32. The Morgan fingerprint density at radius 2 is 1.95 bits per heavy atom. The molecule has 21 heavy (non-hydrogen) atoms. The number of hydrogen-bond acceptors (Lipinski definition) is 2. The number of rotatable bonds is 5. The molecule has 0 heterocycles. The maximum Gasteiger partial charge on any atom is 0.251 e. The molecule has 2 aromatic rings. The molecule has 2 aromatic carbocycles. The Bertz CT molecular complexity index is 640. The van der Waals surface area contributed by atoms with Gasteiger partial charge >= 0.3 is 0 Å². The highest BCUT2D eigenvalue weighted by Crippen LogP contribution is 2.17. The molecule has 0 saturated heterocycles. The first-order chi connectivity index (χ1) is 10.1. The van der Waals surface area contributed by atoms with Gasteiger partial charge in [-0.2, -0.15) is 0 Å². The van der Waals surface area contributed by atoms with E-state index >= 15 is 0 Å². The molecule has 0 atom stereocenters.